The number of aromatic nitrogens is 2. The molecule has 2 aromatic carbocycles. The quantitative estimate of drug-likeness (QED) is 0.768. The van der Waals surface area contributed by atoms with Crippen LogP contribution in [0.25, 0.3) is 11.3 Å². The molecule has 5 nitrogen and oxygen atoms in total. The number of halogens is 1. The summed E-state index contributed by atoms with van der Waals surface area (Å²) in [7, 11) is 0. The summed E-state index contributed by atoms with van der Waals surface area (Å²) < 4.78 is 0. The number of amides is 1. The molecule has 0 unspecified atom stereocenters. The number of nitrogens with zero attached hydrogens (tertiary/aromatic N) is 2. The number of anilines is 1. The van der Waals surface area contributed by atoms with Crippen LogP contribution in [0.3, 0.4) is 0 Å². The van der Waals surface area contributed by atoms with E-state index in [4.69, 9.17) is 16.9 Å². The first kappa shape index (κ1) is 14.8. The number of hydrogen-bond donors (Lipinski definition) is 2. The lowest BCUT2D eigenvalue weighted by atomic mass is 10.1. The standard InChI is InChI=1S/C17H11ClN4O/c18-14-6-2-5-13(8-14)16(23)22-17-20-10-15(21-17)12-4-1-3-11(7-12)9-19/h1-8,10H,(H2,20,21,22,23). The monoisotopic (exact) mass is 322 g/mol. The van der Waals surface area contributed by atoms with Crippen LogP contribution in [0.15, 0.2) is 54.7 Å². The third kappa shape index (κ3) is 3.39. The van der Waals surface area contributed by atoms with Crippen molar-refractivity contribution in [1.82, 2.24) is 9.97 Å². The van der Waals surface area contributed by atoms with Gasteiger partial charge >= 0.3 is 0 Å². The first-order chi connectivity index (χ1) is 11.2. The number of carbonyl (C=O) groups is 1. The van der Waals surface area contributed by atoms with Crippen molar-refractivity contribution < 1.29 is 4.79 Å². The molecular formula is C17H11ClN4O. The van der Waals surface area contributed by atoms with E-state index in [9.17, 15) is 4.79 Å². The summed E-state index contributed by atoms with van der Waals surface area (Å²) in [5, 5.41) is 12.1. The molecule has 23 heavy (non-hydrogen) atoms. The Morgan fingerprint density at radius 2 is 2.04 bits per heavy atom. The molecule has 112 valence electrons. The smallest absolute Gasteiger partial charge is 0.258 e. The van der Waals surface area contributed by atoms with Gasteiger partial charge in [0.15, 0.2) is 0 Å². The van der Waals surface area contributed by atoms with Crippen molar-refractivity contribution in [2.24, 2.45) is 0 Å². The highest BCUT2D eigenvalue weighted by molar-refractivity contribution is 6.31. The van der Waals surface area contributed by atoms with Crippen LogP contribution in [0.2, 0.25) is 5.02 Å². The van der Waals surface area contributed by atoms with Crippen LogP contribution in [0, 0.1) is 11.3 Å². The van der Waals surface area contributed by atoms with Crippen molar-refractivity contribution in [3.8, 4) is 17.3 Å². The third-order valence-electron chi connectivity index (χ3n) is 3.20. The summed E-state index contributed by atoms with van der Waals surface area (Å²) >= 11 is 5.87. The Kier molecular flexibility index (Phi) is 4.09. The van der Waals surface area contributed by atoms with Gasteiger partial charge in [-0.25, -0.2) is 4.98 Å². The summed E-state index contributed by atoms with van der Waals surface area (Å²) in [6.07, 6.45) is 1.60. The van der Waals surface area contributed by atoms with E-state index in [1.54, 1.807) is 48.7 Å². The van der Waals surface area contributed by atoms with E-state index in [0.29, 0.717) is 27.8 Å². The van der Waals surface area contributed by atoms with Crippen molar-refractivity contribution in [2.75, 3.05) is 5.32 Å². The average molecular weight is 323 g/mol. The molecule has 0 fully saturated rings. The maximum Gasteiger partial charge on any atom is 0.258 e. The van der Waals surface area contributed by atoms with E-state index in [-0.39, 0.29) is 5.91 Å². The Bertz CT molecular complexity index is 911. The highest BCUT2D eigenvalue weighted by Crippen LogP contribution is 2.20. The molecule has 0 bridgehead atoms. The number of H-pyrrole nitrogens is 1. The van der Waals surface area contributed by atoms with Gasteiger partial charge in [0.25, 0.3) is 5.91 Å². The molecule has 1 heterocycles. The Balaban J connectivity index is 1.79. The van der Waals surface area contributed by atoms with E-state index in [2.05, 4.69) is 21.4 Å². The number of rotatable bonds is 3. The van der Waals surface area contributed by atoms with Crippen LogP contribution in [-0.2, 0) is 0 Å². The molecule has 0 atom stereocenters. The van der Waals surface area contributed by atoms with Crippen molar-refractivity contribution in [2.45, 2.75) is 0 Å². The highest BCUT2D eigenvalue weighted by Gasteiger charge is 2.10. The van der Waals surface area contributed by atoms with Gasteiger partial charge in [0.2, 0.25) is 5.95 Å². The molecule has 2 N–H and O–H groups in total. The molecule has 0 saturated carbocycles. The number of hydrogen-bond acceptors (Lipinski definition) is 3. The van der Waals surface area contributed by atoms with Gasteiger partial charge in [-0.15, -0.1) is 0 Å². The predicted octanol–water partition coefficient (Wildman–Crippen LogP) is 3.85. The minimum absolute atomic E-state index is 0.306. The number of benzene rings is 2. The molecule has 3 aromatic rings. The molecule has 0 aliphatic carbocycles. The van der Waals surface area contributed by atoms with Crippen molar-refractivity contribution in [3.63, 3.8) is 0 Å². The topological polar surface area (TPSA) is 81.6 Å². The molecule has 1 amide bonds. The van der Waals surface area contributed by atoms with Crippen LogP contribution in [-0.4, -0.2) is 15.9 Å². The Morgan fingerprint density at radius 1 is 1.22 bits per heavy atom. The number of carbonyl (C=O) groups excluding carboxylic acids is 1. The number of nitriles is 1. The zero-order valence-electron chi connectivity index (χ0n) is 11.9. The summed E-state index contributed by atoms with van der Waals surface area (Å²) in [4.78, 5) is 19.3. The molecule has 0 aliphatic rings. The second-order valence-electron chi connectivity index (χ2n) is 4.80. The Labute approximate surface area is 137 Å². The first-order valence-corrected chi connectivity index (χ1v) is 7.16. The van der Waals surface area contributed by atoms with Crippen molar-refractivity contribution in [1.29, 1.82) is 5.26 Å². The van der Waals surface area contributed by atoms with Crippen LogP contribution in [0.4, 0.5) is 5.95 Å². The molecule has 0 saturated heterocycles. The van der Waals surface area contributed by atoms with Crippen molar-refractivity contribution in [3.05, 3.63) is 70.9 Å². The van der Waals surface area contributed by atoms with Crippen molar-refractivity contribution >= 4 is 23.5 Å². The van der Waals surface area contributed by atoms with Crippen LogP contribution in [0.5, 0.6) is 0 Å². The van der Waals surface area contributed by atoms with E-state index in [1.807, 2.05) is 6.07 Å². The summed E-state index contributed by atoms with van der Waals surface area (Å²) in [6, 6.07) is 15.9. The Hall–Kier alpha value is -3.10. The van der Waals surface area contributed by atoms with E-state index < -0.39 is 0 Å². The number of nitrogens with one attached hydrogen (secondary N) is 2. The SMILES string of the molecule is N#Cc1cccc(-c2cnc(NC(=O)c3cccc(Cl)c3)[nH]2)c1. The predicted molar refractivity (Wildman–Crippen MR) is 88.1 cm³/mol. The molecule has 6 heteroatoms. The zero-order valence-corrected chi connectivity index (χ0v) is 12.6. The molecule has 0 spiro atoms. The second kappa shape index (κ2) is 6.34. The van der Waals surface area contributed by atoms with Crippen LogP contribution in [0.1, 0.15) is 15.9 Å². The normalized spacial score (nSPS) is 10.1. The summed E-state index contributed by atoms with van der Waals surface area (Å²) in [6.45, 7) is 0. The van der Waals surface area contributed by atoms with Gasteiger partial charge in [-0.3, -0.25) is 10.1 Å². The van der Waals surface area contributed by atoms with Gasteiger partial charge in [0.1, 0.15) is 0 Å². The van der Waals surface area contributed by atoms with Gasteiger partial charge in [0, 0.05) is 16.1 Å². The fourth-order valence-electron chi connectivity index (χ4n) is 2.10. The minimum atomic E-state index is -0.306. The zero-order chi connectivity index (χ0) is 16.2. The largest absolute Gasteiger partial charge is 0.324 e. The lowest BCUT2D eigenvalue weighted by Crippen LogP contribution is -2.12. The summed E-state index contributed by atoms with van der Waals surface area (Å²) in [5.74, 6) is 0.0199. The van der Waals surface area contributed by atoms with E-state index in [0.717, 1.165) is 5.56 Å². The first-order valence-electron chi connectivity index (χ1n) is 6.78. The maximum atomic E-state index is 12.1. The van der Waals surface area contributed by atoms with Gasteiger partial charge < -0.3 is 4.98 Å². The van der Waals surface area contributed by atoms with Crippen LogP contribution < -0.4 is 5.32 Å². The third-order valence-corrected chi connectivity index (χ3v) is 3.43. The number of aromatic amines is 1. The molecule has 1 aromatic heterocycles. The molecular weight excluding hydrogens is 312 g/mol. The second-order valence-corrected chi connectivity index (χ2v) is 5.24. The number of imidazole rings is 1. The molecule has 3 rings (SSSR count). The average Bonchev–Trinajstić information content (AvgIpc) is 3.03. The minimum Gasteiger partial charge on any atom is -0.324 e. The fourth-order valence-corrected chi connectivity index (χ4v) is 2.29. The lowest BCUT2D eigenvalue weighted by Gasteiger charge is -2.02. The summed E-state index contributed by atoms with van der Waals surface area (Å²) in [5.41, 5.74) is 2.53. The van der Waals surface area contributed by atoms with Gasteiger partial charge in [-0.1, -0.05) is 29.8 Å². The van der Waals surface area contributed by atoms with Gasteiger partial charge in [-0.05, 0) is 30.3 Å². The molecule has 0 aliphatic heterocycles. The Morgan fingerprint density at radius 3 is 2.83 bits per heavy atom. The van der Waals surface area contributed by atoms with E-state index in [1.165, 1.54) is 0 Å². The van der Waals surface area contributed by atoms with E-state index >= 15 is 0 Å². The van der Waals surface area contributed by atoms with Crippen LogP contribution >= 0.6 is 11.6 Å². The van der Waals surface area contributed by atoms with Gasteiger partial charge in [-0.2, -0.15) is 5.26 Å². The maximum absolute atomic E-state index is 12.1. The highest BCUT2D eigenvalue weighted by atomic mass is 35.5. The molecule has 0 radical (unpaired) electrons. The lowest BCUT2D eigenvalue weighted by molar-refractivity contribution is 0.102. The fraction of sp³-hybridized carbons (Fsp3) is 0. The van der Waals surface area contributed by atoms with Gasteiger partial charge in [0.05, 0.1) is 23.5 Å².